The number of fused-ring (bicyclic) bond motifs is 2. The van der Waals surface area contributed by atoms with Crippen LogP contribution in [0.15, 0.2) is 237 Å². The quantitative estimate of drug-likeness (QED) is 0.0393. The van der Waals surface area contributed by atoms with Crippen LogP contribution in [0.3, 0.4) is 0 Å². The Labute approximate surface area is 620 Å². The molecule has 15 atom stereocenters. The van der Waals surface area contributed by atoms with Crippen molar-refractivity contribution in [3.05, 3.63) is 277 Å². The highest BCUT2D eigenvalue weighted by molar-refractivity contribution is 6.67. The normalized spacial score (nSPS) is 23.9. The van der Waals surface area contributed by atoms with Gasteiger partial charge in [0.15, 0.2) is 12.5 Å². The first-order valence-corrected chi connectivity index (χ1v) is 34.8. The van der Waals surface area contributed by atoms with Crippen molar-refractivity contribution in [3.63, 3.8) is 0 Å². The summed E-state index contributed by atoms with van der Waals surface area (Å²) in [6.45, 7) is -1.42. The molecule has 0 spiro atoms. The van der Waals surface area contributed by atoms with Crippen LogP contribution < -0.4 is 0 Å². The fourth-order valence-corrected chi connectivity index (χ4v) is 13.3. The van der Waals surface area contributed by atoms with Gasteiger partial charge in [-0.2, -0.15) is 0 Å². The minimum Gasteiger partial charge on any atom is -0.394 e. The molecule has 0 bridgehead atoms. The Bertz CT molecular complexity index is 4970. The standard InChI is InChI=1S/C32H29FN4O5.C22H24FN3O4.C14H16FN3O5.C11H7ClO/c33-25-12-6-11-23(16-25)26-18-37(35-34-26)28-29(39)27(19-38)42-32(30(28)40)36(17-20-7-2-1-3-8-20)31(41)24-14-13-21-9-4-5-10-22(21)15-24;23-16-8-4-7-15(11-16)17-12-26(25-24-17)20-21(28)18(30-19(13-27)22(20)29)10-9-14-5-2-1-3-6-14;15-8-3-1-2-7(4-8)9-5-18(17-16-9)11-12(20)10(6-19)23-14(22)13(11)21;12-11(13)10-6-5-8-3-1-2-4-9(8)7-10/h1-16,18,27-30,32,38-40H,17,19H2;1-8,11-12,18-22,27-29H,9-10,13H2;1-5,10-14,19-22H,6H2;1-7H/t27?,28-,29-,30?,32?;18?,19?,20-,21?,22+;10?,11-,12-,13?,14?;/m010./s1. The van der Waals surface area contributed by atoms with Gasteiger partial charge in [-0.3, -0.25) is 9.59 Å². The zero-order valence-electron chi connectivity index (χ0n) is 57.4. The summed E-state index contributed by atoms with van der Waals surface area (Å²) in [4.78, 5) is 26.4. The Morgan fingerprint density at radius 3 is 1.25 bits per heavy atom. The highest BCUT2D eigenvalue weighted by atomic mass is 35.5. The smallest absolute Gasteiger partial charge is 0.256 e. The molecule has 3 fully saturated rings. The van der Waals surface area contributed by atoms with Crippen molar-refractivity contribution in [3.8, 4) is 33.8 Å². The molecule has 1 amide bonds. The number of nitrogens with zero attached hydrogens (tertiary/aromatic N) is 10. The van der Waals surface area contributed by atoms with Crippen LogP contribution in [0.4, 0.5) is 13.2 Å². The van der Waals surface area contributed by atoms with Crippen molar-refractivity contribution in [2.45, 2.75) is 111 Å². The SMILES string of the molecule is O=C(Cl)c1ccc2ccccc2c1.O=C(c1ccc2ccccc2c1)N(Cc1ccccc1)C1OC(CO)[C@H](O)[C@H](n2cc(-c3cccc(F)c3)nn2)C1O.OCC1OC(CCc2ccccc2)C(O)[C@@H](n2cc(-c3cccc(F)c3)nn2)[C@H]1O.OCC1OC(O)C(O)[C@@H](n2cc(-c3cccc(F)c3)nn2)[C@H]1O. The van der Waals surface area contributed by atoms with Crippen LogP contribution in [0.5, 0.6) is 0 Å². The zero-order valence-corrected chi connectivity index (χ0v) is 58.2. The van der Waals surface area contributed by atoms with Crippen molar-refractivity contribution >= 4 is 44.3 Å². The molecule has 560 valence electrons. The number of halogens is 4. The molecule has 9 unspecified atom stereocenters. The first kappa shape index (κ1) is 77.2. The van der Waals surface area contributed by atoms with Crippen LogP contribution in [0.1, 0.15) is 56.4 Å². The minimum absolute atomic E-state index is 0.0844. The number of aryl methyl sites for hydroxylation is 1. The number of amides is 1. The zero-order chi connectivity index (χ0) is 76.1. The van der Waals surface area contributed by atoms with E-state index >= 15 is 0 Å². The molecule has 3 aromatic heterocycles. The Morgan fingerprint density at radius 1 is 0.407 bits per heavy atom. The van der Waals surface area contributed by atoms with Gasteiger partial charge in [0.05, 0.1) is 44.5 Å². The van der Waals surface area contributed by atoms with Gasteiger partial charge in [0, 0.05) is 34.4 Å². The second-order valence-electron chi connectivity index (χ2n) is 25.9. The van der Waals surface area contributed by atoms with Crippen molar-refractivity contribution in [2.75, 3.05) is 19.8 Å². The Morgan fingerprint density at radius 2 is 0.796 bits per heavy atom. The summed E-state index contributed by atoms with van der Waals surface area (Å²) in [5.74, 6) is -1.68. The third-order valence-electron chi connectivity index (χ3n) is 18.8. The first-order chi connectivity index (χ1) is 52.3. The minimum atomic E-state index is -1.58. The van der Waals surface area contributed by atoms with Crippen LogP contribution in [-0.4, -0.2) is 205 Å². The Kier molecular flexibility index (Phi) is 25.4. The van der Waals surface area contributed by atoms with Crippen LogP contribution in [0.2, 0.25) is 0 Å². The summed E-state index contributed by atoms with van der Waals surface area (Å²) in [7, 11) is 0. The van der Waals surface area contributed by atoms with Crippen LogP contribution in [-0.2, 0) is 27.2 Å². The number of aliphatic hydroxyl groups is 10. The number of aliphatic hydroxyl groups excluding tert-OH is 10. The van der Waals surface area contributed by atoms with Gasteiger partial charge in [0.2, 0.25) is 0 Å². The van der Waals surface area contributed by atoms with Gasteiger partial charge in [0.1, 0.15) is 108 Å². The molecule has 3 aliphatic heterocycles. The topological polar surface area (TPSA) is 360 Å². The van der Waals surface area contributed by atoms with E-state index in [9.17, 15) is 73.8 Å². The molecule has 10 N–H and O–H groups in total. The number of ether oxygens (including phenoxy) is 3. The molecule has 9 aromatic carbocycles. The van der Waals surface area contributed by atoms with Gasteiger partial charge in [-0.15, -0.1) is 15.3 Å². The number of hydrogen-bond donors (Lipinski definition) is 10. The molecule has 3 saturated heterocycles. The van der Waals surface area contributed by atoms with Gasteiger partial charge in [-0.05, 0) is 118 Å². The van der Waals surface area contributed by atoms with Crippen LogP contribution in [0.25, 0.3) is 55.3 Å². The highest BCUT2D eigenvalue weighted by Gasteiger charge is 2.50. The predicted molar refractivity (Wildman–Crippen MR) is 388 cm³/mol. The largest absolute Gasteiger partial charge is 0.394 e. The van der Waals surface area contributed by atoms with E-state index in [1.54, 1.807) is 60.8 Å². The molecule has 0 aliphatic carbocycles. The van der Waals surface area contributed by atoms with E-state index < -0.39 is 140 Å². The molecular weight excluding hydrogens is 1420 g/mol. The lowest BCUT2D eigenvalue weighted by Gasteiger charge is -2.46. The highest BCUT2D eigenvalue weighted by Crippen LogP contribution is 2.37. The summed E-state index contributed by atoms with van der Waals surface area (Å²) >= 11 is 5.36. The molecular formula is C79H76ClF3N10O15. The first-order valence-electron chi connectivity index (χ1n) is 34.4. The average molecular weight is 1500 g/mol. The number of carbonyl (C=O) groups is 2. The van der Waals surface area contributed by atoms with Crippen LogP contribution in [0, 0.1) is 17.5 Å². The fourth-order valence-electron chi connectivity index (χ4n) is 13.2. The maximum atomic E-state index is 14.1. The van der Waals surface area contributed by atoms with Crippen molar-refractivity contribution in [1.82, 2.24) is 49.9 Å². The van der Waals surface area contributed by atoms with E-state index in [1.807, 2.05) is 121 Å². The lowest BCUT2D eigenvalue weighted by atomic mass is 9.90. The number of rotatable bonds is 17. The van der Waals surface area contributed by atoms with E-state index in [0.717, 1.165) is 32.7 Å². The molecule has 0 saturated carbocycles. The van der Waals surface area contributed by atoms with E-state index in [4.69, 9.17) is 25.8 Å². The summed E-state index contributed by atoms with van der Waals surface area (Å²) in [6.07, 6.45) is -8.76. The second-order valence-corrected chi connectivity index (χ2v) is 26.3. The third kappa shape index (κ3) is 18.1. The third-order valence-corrected chi connectivity index (χ3v) is 19.0. The number of benzene rings is 9. The maximum absolute atomic E-state index is 14.1. The van der Waals surface area contributed by atoms with Crippen molar-refractivity contribution in [2.24, 2.45) is 0 Å². The number of carbonyl (C=O) groups excluding carboxylic acids is 2. The van der Waals surface area contributed by atoms with Crippen molar-refractivity contribution in [1.29, 1.82) is 0 Å². The van der Waals surface area contributed by atoms with Gasteiger partial charge in [-0.1, -0.05) is 173 Å². The Balaban J connectivity index is 0.000000144. The molecule has 3 aliphatic rings. The van der Waals surface area contributed by atoms with E-state index in [-0.39, 0.29) is 6.54 Å². The van der Waals surface area contributed by atoms with Crippen molar-refractivity contribution < 1.29 is 88.0 Å². The lowest BCUT2D eigenvalue weighted by Crippen LogP contribution is -2.61. The van der Waals surface area contributed by atoms with Gasteiger partial charge in [0.25, 0.3) is 11.1 Å². The summed E-state index contributed by atoms with van der Waals surface area (Å²) in [6, 6.07) is 59.8. The molecule has 12 aromatic rings. The second kappa shape index (κ2) is 35.6. The van der Waals surface area contributed by atoms with Crippen LogP contribution >= 0.6 is 11.6 Å². The lowest BCUT2D eigenvalue weighted by molar-refractivity contribution is -0.270. The summed E-state index contributed by atoms with van der Waals surface area (Å²) in [5.41, 5.74) is 5.38. The molecule has 0 radical (unpaired) electrons. The van der Waals surface area contributed by atoms with E-state index in [0.29, 0.717) is 57.7 Å². The fraction of sp³-hybridized carbons (Fsp3) is 0.266. The molecule has 29 heteroatoms. The molecule has 25 nitrogen and oxygen atoms in total. The Hall–Kier alpha value is -10.4. The maximum Gasteiger partial charge on any atom is 0.256 e. The summed E-state index contributed by atoms with van der Waals surface area (Å²) in [5, 5.41) is 131. The predicted octanol–water partition coefficient (Wildman–Crippen LogP) is 7.58. The molecule has 108 heavy (non-hydrogen) atoms. The number of aromatic nitrogens is 9. The van der Waals surface area contributed by atoms with E-state index in [2.05, 4.69) is 30.9 Å². The molecule has 6 heterocycles. The monoisotopic (exact) mass is 1500 g/mol. The average Bonchev–Trinajstić information content (AvgIpc) is 1.40. The molecule has 15 rings (SSSR count). The van der Waals surface area contributed by atoms with E-state index in [1.165, 1.54) is 73.8 Å². The van der Waals surface area contributed by atoms with Gasteiger partial charge >= 0.3 is 0 Å². The van der Waals surface area contributed by atoms with Gasteiger partial charge < -0.3 is 70.2 Å². The summed E-state index contributed by atoms with van der Waals surface area (Å²) < 4.78 is 61.2. The number of hydrogen-bond acceptors (Lipinski definition) is 21. The van der Waals surface area contributed by atoms with Gasteiger partial charge in [-0.25, -0.2) is 27.2 Å².